The van der Waals surface area contributed by atoms with Crippen molar-refractivity contribution < 1.29 is 22.4 Å². The molecule has 0 aliphatic heterocycles. The highest BCUT2D eigenvalue weighted by molar-refractivity contribution is 6.02. The maximum Gasteiger partial charge on any atom is 0.416 e. The number of amides is 1. The van der Waals surface area contributed by atoms with E-state index in [0.717, 1.165) is 17.6 Å². The molecule has 0 saturated carbocycles. The second-order valence-corrected chi connectivity index (χ2v) is 7.57. The maximum atomic E-state index is 13.1. The molecule has 0 unspecified atom stereocenters. The van der Waals surface area contributed by atoms with E-state index in [0.29, 0.717) is 33.8 Å². The van der Waals surface area contributed by atoms with Crippen LogP contribution in [0, 0.1) is 0 Å². The Labute approximate surface area is 191 Å². The Morgan fingerprint density at radius 3 is 2.47 bits per heavy atom. The summed E-state index contributed by atoms with van der Waals surface area (Å²) in [6.07, 6.45) is 1.71. The lowest BCUT2D eigenvalue weighted by molar-refractivity contribution is -0.137. The Bertz CT molecular complexity index is 1440. The molecule has 0 radical (unpaired) electrons. The van der Waals surface area contributed by atoms with E-state index in [1.165, 1.54) is 24.8 Å². The fraction of sp³-hybridized carbons (Fsp3) is 0.0800. The normalized spacial score (nSPS) is 11.6. The third-order valence-electron chi connectivity index (χ3n) is 5.39. The van der Waals surface area contributed by atoms with E-state index in [2.05, 4.69) is 15.3 Å². The molecule has 6 nitrogen and oxygen atoms in total. The van der Waals surface area contributed by atoms with Crippen LogP contribution < -0.4 is 5.32 Å². The Morgan fingerprint density at radius 2 is 1.79 bits per heavy atom. The average molecular weight is 462 g/mol. The van der Waals surface area contributed by atoms with Crippen LogP contribution in [0.25, 0.3) is 28.0 Å². The lowest BCUT2D eigenvalue weighted by Gasteiger charge is -2.09. The van der Waals surface area contributed by atoms with E-state index >= 15 is 0 Å². The molecule has 5 aromatic rings. The van der Waals surface area contributed by atoms with Crippen LogP contribution in [0.1, 0.15) is 21.6 Å². The summed E-state index contributed by atoms with van der Waals surface area (Å²) >= 11 is 0. The van der Waals surface area contributed by atoms with Crippen molar-refractivity contribution in [2.45, 2.75) is 12.7 Å². The summed E-state index contributed by atoms with van der Waals surface area (Å²) in [4.78, 5) is 21.5. The number of alkyl halides is 3. The minimum absolute atomic E-state index is 0.251. The van der Waals surface area contributed by atoms with Crippen molar-refractivity contribution in [3.8, 4) is 22.5 Å². The molecule has 0 atom stereocenters. The number of pyridine rings is 2. The first-order chi connectivity index (χ1) is 16.4. The molecule has 0 spiro atoms. The van der Waals surface area contributed by atoms with Gasteiger partial charge in [0, 0.05) is 17.9 Å². The zero-order valence-electron chi connectivity index (χ0n) is 17.6. The molecule has 4 heterocycles. The minimum atomic E-state index is -4.40. The minimum Gasteiger partial charge on any atom is -0.451 e. The topological polar surface area (TPSA) is 72.4 Å². The van der Waals surface area contributed by atoms with Crippen LogP contribution in [0.4, 0.5) is 13.2 Å². The summed E-state index contributed by atoms with van der Waals surface area (Å²) in [6, 6.07) is 15.7. The summed E-state index contributed by atoms with van der Waals surface area (Å²) < 4.78 is 45.7. The fourth-order valence-corrected chi connectivity index (χ4v) is 3.72. The zero-order chi connectivity index (χ0) is 23.7. The third-order valence-corrected chi connectivity index (χ3v) is 5.39. The SMILES string of the molecule is O=C(NCc1ccccn1)c1cc2ccc(-c3ccc(C(F)(F)F)cc3)cn2c1-c1cocn1. The van der Waals surface area contributed by atoms with Gasteiger partial charge >= 0.3 is 6.18 Å². The average Bonchev–Trinajstić information content (AvgIpc) is 3.50. The molecule has 34 heavy (non-hydrogen) atoms. The summed E-state index contributed by atoms with van der Waals surface area (Å²) in [5.74, 6) is -0.316. The van der Waals surface area contributed by atoms with Crippen molar-refractivity contribution >= 4 is 11.4 Å². The van der Waals surface area contributed by atoms with Crippen molar-refractivity contribution in [3.05, 3.63) is 103 Å². The molecule has 1 aromatic carbocycles. The van der Waals surface area contributed by atoms with Gasteiger partial charge in [-0.25, -0.2) is 4.98 Å². The third kappa shape index (κ3) is 4.15. The van der Waals surface area contributed by atoms with Crippen molar-refractivity contribution in [2.75, 3.05) is 0 Å². The molecule has 0 saturated heterocycles. The number of aromatic nitrogens is 3. The predicted octanol–water partition coefficient (Wildman–Crippen LogP) is 5.61. The number of nitrogens with zero attached hydrogens (tertiary/aromatic N) is 3. The first-order valence-electron chi connectivity index (χ1n) is 10.3. The second kappa shape index (κ2) is 8.51. The molecule has 0 aliphatic rings. The molecular formula is C25H17F3N4O2. The van der Waals surface area contributed by atoms with E-state index < -0.39 is 11.7 Å². The smallest absolute Gasteiger partial charge is 0.416 e. The van der Waals surface area contributed by atoms with Gasteiger partial charge in [0.25, 0.3) is 5.91 Å². The molecule has 0 bridgehead atoms. The molecule has 1 amide bonds. The first-order valence-corrected chi connectivity index (χ1v) is 10.3. The Kier molecular flexibility index (Phi) is 5.37. The van der Waals surface area contributed by atoms with E-state index in [4.69, 9.17) is 4.42 Å². The van der Waals surface area contributed by atoms with Crippen molar-refractivity contribution in [3.63, 3.8) is 0 Å². The second-order valence-electron chi connectivity index (χ2n) is 7.57. The number of nitrogens with one attached hydrogen (secondary N) is 1. The number of carbonyl (C=O) groups excluding carboxylic acids is 1. The molecular weight excluding hydrogens is 445 g/mol. The highest BCUT2D eigenvalue weighted by atomic mass is 19.4. The summed E-state index contributed by atoms with van der Waals surface area (Å²) in [7, 11) is 0. The van der Waals surface area contributed by atoms with Crippen LogP contribution in [-0.2, 0) is 12.7 Å². The summed E-state index contributed by atoms with van der Waals surface area (Å²) in [5, 5.41) is 2.87. The zero-order valence-corrected chi connectivity index (χ0v) is 17.6. The van der Waals surface area contributed by atoms with E-state index in [1.807, 2.05) is 12.1 Å². The van der Waals surface area contributed by atoms with Gasteiger partial charge in [-0.05, 0) is 47.5 Å². The monoisotopic (exact) mass is 462 g/mol. The fourth-order valence-electron chi connectivity index (χ4n) is 3.72. The van der Waals surface area contributed by atoms with Gasteiger partial charge in [0.15, 0.2) is 6.39 Å². The van der Waals surface area contributed by atoms with Gasteiger partial charge in [0.05, 0.1) is 29.1 Å². The molecule has 0 fully saturated rings. The molecule has 4 aromatic heterocycles. The van der Waals surface area contributed by atoms with Crippen LogP contribution >= 0.6 is 0 Å². The quantitative estimate of drug-likeness (QED) is 0.369. The Morgan fingerprint density at radius 1 is 1.00 bits per heavy atom. The molecule has 9 heteroatoms. The maximum absolute atomic E-state index is 13.1. The predicted molar refractivity (Wildman–Crippen MR) is 119 cm³/mol. The van der Waals surface area contributed by atoms with Crippen LogP contribution in [0.15, 0.2) is 90.1 Å². The standard InChI is InChI=1S/C25H17F3N4O2/c26-25(27,28)18-7-4-16(5-8-18)17-6-9-20-11-21(23(32(20)13-17)22-14-34-15-31-22)24(33)30-12-19-3-1-2-10-29-19/h1-11,13-15H,12H2,(H,30,33). The van der Waals surface area contributed by atoms with Crippen molar-refractivity contribution in [1.82, 2.24) is 19.7 Å². The van der Waals surface area contributed by atoms with Crippen molar-refractivity contribution in [2.24, 2.45) is 0 Å². The number of rotatable bonds is 5. The van der Waals surface area contributed by atoms with Gasteiger partial charge in [-0.1, -0.05) is 24.3 Å². The Hall–Kier alpha value is -4.40. The van der Waals surface area contributed by atoms with Gasteiger partial charge in [-0.3, -0.25) is 9.78 Å². The number of carbonyl (C=O) groups is 1. The van der Waals surface area contributed by atoms with Gasteiger partial charge in [0.2, 0.25) is 0 Å². The van der Waals surface area contributed by atoms with Gasteiger partial charge < -0.3 is 14.1 Å². The van der Waals surface area contributed by atoms with Crippen LogP contribution in [0.3, 0.4) is 0 Å². The lowest BCUT2D eigenvalue weighted by atomic mass is 10.1. The number of hydrogen-bond donors (Lipinski definition) is 1. The van der Waals surface area contributed by atoms with E-state index in [-0.39, 0.29) is 12.5 Å². The lowest BCUT2D eigenvalue weighted by Crippen LogP contribution is -2.23. The summed E-state index contributed by atoms with van der Waals surface area (Å²) in [6.45, 7) is 0.251. The number of fused-ring (bicyclic) bond motifs is 1. The number of halogens is 3. The van der Waals surface area contributed by atoms with Crippen LogP contribution in [-0.4, -0.2) is 20.3 Å². The summed E-state index contributed by atoms with van der Waals surface area (Å²) in [5.41, 5.74) is 3.35. The molecule has 0 aliphatic carbocycles. The van der Waals surface area contributed by atoms with Crippen molar-refractivity contribution in [1.29, 1.82) is 0 Å². The van der Waals surface area contributed by atoms with E-state index in [1.54, 1.807) is 41.1 Å². The van der Waals surface area contributed by atoms with Crippen LogP contribution in [0.2, 0.25) is 0 Å². The largest absolute Gasteiger partial charge is 0.451 e. The van der Waals surface area contributed by atoms with Gasteiger partial charge in [-0.15, -0.1) is 0 Å². The van der Waals surface area contributed by atoms with E-state index in [9.17, 15) is 18.0 Å². The Balaban J connectivity index is 1.54. The van der Waals surface area contributed by atoms with Gasteiger partial charge in [0.1, 0.15) is 12.0 Å². The first kappa shape index (κ1) is 21.4. The molecule has 5 rings (SSSR count). The number of benzene rings is 1. The van der Waals surface area contributed by atoms with Crippen LogP contribution in [0.5, 0.6) is 0 Å². The molecule has 1 N–H and O–H groups in total. The number of oxazole rings is 1. The van der Waals surface area contributed by atoms with Gasteiger partial charge in [-0.2, -0.15) is 13.2 Å². The highest BCUT2D eigenvalue weighted by Crippen LogP contribution is 2.32. The highest BCUT2D eigenvalue weighted by Gasteiger charge is 2.30. The molecule has 170 valence electrons. The number of hydrogen-bond acceptors (Lipinski definition) is 4.